The van der Waals surface area contributed by atoms with Gasteiger partial charge in [-0.3, -0.25) is 4.57 Å². The number of aromatic nitrogens is 4. The first-order valence-corrected chi connectivity index (χ1v) is 14.1. The molecule has 4 aromatic carbocycles. The van der Waals surface area contributed by atoms with E-state index in [-0.39, 0.29) is 0 Å². The fraction of sp³-hybridized carbons (Fsp3) is 0.0882. The van der Waals surface area contributed by atoms with E-state index in [1.54, 1.807) is 0 Å². The van der Waals surface area contributed by atoms with Crippen LogP contribution in [0.2, 0.25) is 0 Å². The molecule has 0 fully saturated rings. The Morgan fingerprint density at radius 1 is 0.718 bits per heavy atom. The molecule has 0 bridgehead atoms. The summed E-state index contributed by atoms with van der Waals surface area (Å²) < 4.78 is 4.82. The SMILES string of the molecule is CC1C=CC=C(c2nc(-c3ccccc3)nc(-n3c4ccccc4c4c5sc6ccccc6c5ccc43)n2)C1. The summed E-state index contributed by atoms with van der Waals surface area (Å²) in [5.74, 6) is 2.52. The normalized spacial score (nSPS) is 15.5. The second-order valence-corrected chi connectivity index (χ2v) is 11.2. The third kappa shape index (κ3) is 3.54. The zero-order valence-corrected chi connectivity index (χ0v) is 22.2. The van der Waals surface area contributed by atoms with Gasteiger partial charge in [-0.05, 0) is 36.1 Å². The molecule has 186 valence electrons. The van der Waals surface area contributed by atoms with Crippen LogP contribution in [-0.2, 0) is 0 Å². The lowest BCUT2D eigenvalue weighted by atomic mass is 9.95. The molecule has 1 unspecified atom stereocenters. The number of thiophene rings is 1. The topological polar surface area (TPSA) is 43.6 Å². The summed E-state index contributed by atoms with van der Waals surface area (Å²) in [6.45, 7) is 2.23. The Morgan fingerprint density at radius 2 is 1.49 bits per heavy atom. The third-order valence-electron chi connectivity index (χ3n) is 7.60. The molecule has 1 atom stereocenters. The van der Waals surface area contributed by atoms with Crippen molar-refractivity contribution < 1.29 is 0 Å². The van der Waals surface area contributed by atoms with E-state index in [0.717, 1.165) is 34.4 Å². The molecular weight excluding hydrogens is 496 g/mol. The summed E-state index contributed by atoms with van der Waals surface area (Å²) in [6, 6.07) is 32.0. The quantitative estimate of drug-likeness (QED) is 0.233. The molecule has 1 aliphatic rings. The second kappa shape index (κ2) is 8.72. The third-order valence-corrected chi connectivity index (χ3v) is 8.81. The van der Waals surface area contributed by atoms with Gasteiger partial charge in [0.05, 0.1) is 11.0 Å². The number of hydrogen-bond acceptors (Lipinski definition) is 4. The minimum atomic E-state index is 0.444. The molecule has 0 saturated heterocycles. The molecule has 39 heavy (non-hydrogen) atoms. The summed E-state index contributed by atoms with van der Waals surface area (Å²) in [5.41, 5.74) is 4.32. The fourth-order valence-corrected chi connectivity index (χ4v) is 7.04. The summed E-state index contributed by atoms with van der Waals surface area (Å²) >= 11 is 1.86. The van der Waals surface area contributed by atoms with E-state index in [1.165, 1.54) is 30.9 Å². The van der Waals surface area contributed by atoms with Gasteiger partial charge in [0.25, 0.3) is 0 Å². The predicted octanol–water partition coefficient (Wildman–Crippen LogP) is 8.98. The average molecular weight is 521 g/mol. The Bertz CT molecular complexity index is 2110. The van der Waals surface area contributed by atoms with Crippen LogP contribution in [0.1, 0.15) is 19.2 Å². The average Bonchev–Trinajstić information content (AvgIpc) is 3.53. The van der Waals surface area contributed by atoms with Gasteiger partial charge in [-0.1, -0.05) is 97.9 Å². The monoisotopic (exact) mass is 520 g/mol. The van der Waals surface area contributed by atoms with Crippen LogP contribution in [0.5, 0.6) is 0 Å². The maximum atomic E-state index is 5.12. The van der Waals surface area contributed by atoms with Crippen molar-refractivity contribution >= 4 is 58.9 Å². The minimum absolute atomic E-state index is 0.444. The van der Waals surface area contributed by atoms with E-state index in [0.29, 0.717) is 17.7 Å². The van der Waals surface area contributed by atoms with E-state index < -0.39 is 0 Å². The van der Waals surface area contributed by atoms with Crippen molar-refractivity contribution in [3.8, 4) is 17.3 Å². The van der Waals surface area contributed by atoms with Crippen LogP contribution in [0.4, 0.5) is 0 Å². The van der Waals surface area contributed by atoms with Crippen molar-refractivity contribution in [3.05, 3.63) is 115 Å². The molecule has 0 spiro atoms. The molecule has 8 rings (SSSR count). The first kappa shape index (κ1) is 22.4. The lowest BCUT2D eigenvalue weighted by molar-refractivity contribution is 0.741. The Balaban J connectivity index is 1.46. The number of fused-ring (bicyclic) bond motifs is 7. The van der Waals surface area contributed by atoms with Gasteiger partial charge in [0, 0.05) is 36.5 Å². The van der Waals surface area contributed by atoms with Gasteiger partial charge in [-0.2, -0.15) is 9.97 Å². The van der Waals surface area contributed by atoms with Crippen LogP contribution >= 0.6 is 11.3 Å². The van der Waals surface area contributed by atoms with Gasteiger partial charge in [0.1, 0.15) is 0 Å². The molecule has 1 aliphatic carbocycles. The smallest absolute Gasteiger partial charge is 0.238 e. The van der Waals surface area contributed by atoms with Crippen LogP contribution < -0.4 is 0 Å². The van der Waals surface area contributed by atoms with Gasteiger partial charge >= 0.3 is 0 Å². The first-order chi connectivity index (χ1) is 19.2. The summed E-state index contributed by atoms with van der Waals surface area (Å²) in [4.78, 5) is 15.2. The van der Waals surface area contributed by atoms with Crippen LogP contribution in [0.15, 0.2) is 109 Å². The van der Waals surface area contributed by atoms with Crippen molar-refractivity contribution in [2.24, 2.45) is 5.92 Å². The summed E-state index contributed by atoms with van der Waals surface area (Å²) in [7, 11) is 0. The van der Waals surface area contributed by atoms with E-state index >= 15 is 0 Å². The van der Waals surface area contributed by atoms with E-state index in [9.17, 15) is 0 Å². The fourth-order valence-electron chi connectivity index (χ4n) is 5.79. The number of nitrogens with zero attached hydrogens (tertiary/aromatic N) is 4. The van der Waals surface area contributed by atoms with Crippen molar-refractivity contribution in [1.82, 2.24) is 19.5 Å². The van der Waals surface area contributed by atoms with Crippen molar-refractivity contribution in [3.63, 3.8) is 0 Å². The van der Waals surface area contributed by atoms with Gasteiger partial charge in [-0.25, -0.2) is 4.98 Å². The molecule has 0 amide bonds. The molecule has 3 aromatic heterocycles. The van der Waals surface area contributed by atoms with E-state index in [4.69, 9.17) is 15.0 Å². The van der Waals surface area contributed by atoms with Crippen molar-refractivity contribution in [2.45, 2.75) is 13.3 Å². The molecule has 5 heteroatoms. The molecule has 4 nitrogen and oxygen atoms in total. The van der Waals surface area contributed by atoms with Gasteiger partial charge in [0.15, 0.2) is 11.6 Å². The van der Waals surface area contributed by atoms with Crippen LogP contribution in [0.25, 0.3) is 64.9 Å². The highest BCUT2D eigenvalue weighted by Crippen LogP contribution is 2.43. The highest BCUT2D eigenvalue weighted by molar-refractivity contribution is 7.26. The van der Waals surface area contributed by atoms with Gasteiger partial charge in [0.2, 0.25) is 5.95 Å². The minimum Gasteiger partial charge on any atom is -0.278 e. The number of rotatable bonds is 3. The lowest BCUT2D eigenvalue weighted by Gasteiger charge is -2.15. The Labute approximate surface area is 229 Å². The van der Waals surface area contributed by atoms with Crippen LogP contribution in [-0.4, -0.2) is 19.5 Å². The lowest BCUT2D eigenvalue weighted by Crippen LogP contribution is -2.09. The first-order valence-electron chi connectivity index (χ1n) is 13.3. The zero-order chi connectivity index (χ0) is 25.9. The number of allylic oxidation sites excluding steroid dienone is 4. The van der Waals surface area contributed by atoms with Gasteiger partial charge < -0.3 is 0 Å². The number of hydrogen-bond donors (Lipinski definition) is 0. The number of para-hydroxylation sites is 1. The number of benzene rings is 4. The van der Waals surface area contributed by atoms with Crippen molar-refractivity contribution in [1.29, 1.82) is 0 Å². The van der Waals surface area contributed by atoms with Crippen molar-refractivity contribution in [2.75, 3.05) is 0 Å². The largest absolute Gasteiger partial charge is 0.278 e. The molecule has 3 heterocycles. The Kier molecular flexibility index (Phi) is 5.00. The summed E-state index contributed by atoms with van der Waals surface area (Å²) in [5, 5.41) is 5.05. The Morgan fingerprint density at radius 3 is 2.36 bits per heavy atom. The maximum Gasteiger partial charge on any atom is 0.238 e. The summed E-state index contributed by atoms with van der Waals surface area (Å²) in [6.07, 6.45) is 7.39. The molecule has 0 saturated carbocycles. The Hall–Kier alpha value is -4.61. The second-order valence-electron chi connectivity index (χ2n) is 10.2. The predicted molar refractivity (Wildman–Crippen MR) is 163 cm³/mol. The molecule has 0 aliphatic heterocycles. The van der Waals surface area contributed by atoms with Crippen LogP contribution in [0, 0.1) is 5.92 Å². The molecule has 0 N–H and O–H groups in total. The standard InChI is InChI=1S/C34H24N4S/c1-21-10-9-13-23(20-21)33-35-32(22-11-3-2-4-12-22)36-34(37-33)38-27-16-7-5-15-26(27)30-28(38)19-18-25-24-14-6-8-17-29(24)39-31(25)30/h2-19,21H,20H2,1H3. The molecular formula is C34H24N4S. The zero-order valence-electron chi connectivity index (χ0n) is 21.4. The van der Waals surface area contributed by atoms with E-state index in [1.807, 2.05) is 29.5 Å². The maximum absolute atomic E-state index is 5.12. The molecule has 7 aromatic rings. The van der Waals surface area contributed by atoms with Gasteiger partial charge in [-0.15, -0.1) is 11.3 Å². The highest BCUT2D eigenvalue weighted by Gasteiger charge is 2.21. The van der Waals surface area contributed by atoms with E-state index in [2.05, 4.69) is 103 Å². The van der Waals surface area contributed by atoms with Crippen LogP contribution in [0.3, 0.4) is 0 Å². The highest BCUT2D eigenvalue weighted by atomic mass is 32.1. The molecule has 0 radical (unpaired) electrons.